The zero-order chi connectivity index (χ0) is 57.8. The number of benzene rings is 6. The molecule has 0 aromatic heterocycles. The van der Waals surface area contributed by atoms with Gasteiger partial charge in [-0.15, -0.1) is 0 Å². The van der Waals surface area contributed by atoms with Crippen molar-refractivity contribution in [2.45, 2.75) is 75.5 Å². The fourth-order valence-corrected chi connectivity index (χ4v) is 10.9. The fraction of sp³-hybridized carbons (Fsp3) is 0.361. The summed E-state index contributed by atoms with van der Waals surface area (Å²) >= 11 is 0. The molecular formula is C61H64O20. The lowest BCUT2D eigenvalue weighted by atomic mass is 9.77. The van der Waals surface area contributed by atoms with Gasteiger partial charge in [-0.2, -0.15) is 0 Å². The number of carbonyl (C=O) groups excluding carboxylic acids is 3. The predicted molar refractivity (Wildman–Crippen MR) is 289 cm³/mol. The standard InChI is InChI=1S/C61H64O20/c1-30(62)75-55-41-29-40(50(71-10)59(74-13)54(41)80-49(61(55)77-32(3)64)35-18-25-42(67-6)45(28-35)70-9)46-38-23-26-43(68-7)56(72-11)51(38)78-47(33-14-19-36(65-4)20-15-33)58(46)81-53-39-24-27-44(69-8)57(73-12)52(39)79-48(60(53)76-31(2)63)34-16-21-37(66-5)22-17-34/h14-29,46-49,53,55,58,60-61H,1-13H3/t46-,47-,48-,49-,53+,55-,58-,60+,61+/m1/s1. The molecule has 428 valence electrons. The lowest BCUT2D eigenvalue weighted by molar-refractivity contribution is -0.186. The van der Waals surface area contributed by atoms with Crippen molar-refractivity contribution in [3.05, 3.63) is 136 Å². The van der Waals surface area contributed by atoms with Crippen LogP contribution in [-0.4, -0.2) is 107 Å². The monoisotopic (exact) mass is 1120 g/mol. The Labute approximate surface area is 468 Å². The third-order valence-electron chi connectivity index (χ3n) is 14.4. The van der Waals surface area contributed by atoms with Crippen molar-refractivity contribution in [2.75, 3.05) is 71.1 Å². The molecule has 3 heterocycles. The zero-order valence-corrected chi connectivity index (χ0v) is 47.1. The summed E-state index contributed by atoms with van der Waals surface area (Å²) in [7, 11) is 15.0. The molecule has 0 fully saturated rings. The summed E-state index contributed by atoms with van der Waals surface area (Å²) < 4.78 is 107. The first-order valence-corrected chi connectivity index (χ1v) is 25.6. The summed E-state index contributed by atoms with van der Waals surface area (Å²) in [6.07, 6.45) is -9.48. The van der Waals surface area contributed by atoms with Crippen LogP contribution in [0.5, 0.6) is 74.7 Å². The number of ether oxygens (including phenoxy) is 17. The fourth-order valence-electron chi connectivity index (χ4n) is 10.9. The van der Waals surface area contributed by atoms with Gasteiger partial charge in [0.15, 0.2) is 82.6 Å². The van der Waals surface area contributed by atoms with Gasteiger partial charge in [0.05, 0.1) is 71.1 Å². The molecule has 6 aromatic carbocycles. The second-order valence-corrected chi connectivity index (χ2v) is 18.8. The van der Waals surface area contributed by atoms with Crippen LogP contribution in [0.1, 0.15) is 96.2 Å². The maximum Gasteiger partial charge on any atom is 0.303 e. The number of esters is 3. The lowest BCUT2D eigenvalue weighted by Gasteiger charge is -2.46. The Hall–Kier alpha value is -8.91. The van der Waals surface area contributed by atoms with Gasteiger partial charge in [0.1, 0.15) is 23.7 Å². The molecule has 0 amide bonds. The van der Waals surface area contributed by atoms with E-state index in [1.165, 1.54) is 77.6 Å². The number of carbonyl (C=O) groups is 3. The first-order chi connectivity index (χ1) is 39.2. The third kappa shape index (κ3) is 10.7. The van der Waals surface area contributed by atoms with Crippen molar-refractivity contribution in [3.8, 4) is 74.7 Å². The summed E-state index contributed by atoms with van der Waals surface area (Å²) in [5.41, 5.74) is 3.23. The number of methoxy groups -OCH3 is 10. The third-order valence-corrected chi connectivity index (χ3v) is 14.4. The van der Waals surface area contributed by atoms with Gasteiger partial charge in [-0.1, -0.05) is 36.4 Å². The highest BCUT2D eigenvalue weighted by molar-refractivity contribution is 5.71. The van der Waals surface area contributed by atoms with Gasteiger partial charge >= 0.3 is 17.9 Å². The number of rotatable bonds is 19. The molecule has 81 heavy (non-hydrogen) atoms. The van der Waals surface area contributed by atoms with Crippen LogP contribution >= 0.6 is 0 Å². The molecule has 0 spiro atoms. The maximum atomic E-state index is 13.6. The topological polar surface area (TPSA) is 208 Å². The van der Waals surface area contributed by atoms with Gasteiger partial charge in [0.2, 0.25) is 17.2 Å². The molecule has 20 nitrogen and oxygen atoms in total. The van der Waals surface area contributed by atoms with Gasteiger partial charge in [-0.3, -0.25) is 14.4 Å². The summed E-state index contributed by atoms with van der Waals surface area (Å²) in [6.45, 7) is 3.80. The minimum absolute atomic E-state index is 0.0766. The molecule has 0 saturated carbocycles. The Balaban J connectivity index is 1.36. The van der Waals surface area contributed by atoms with E-state index in [0.29, 0.717) is 67.9 Å². The van der Waals surface area contributed by atoms with Crippen LogP contribution in [0.4, 0.5) is 0 Å². The Kier molecular flexibility index (Phi) is 17.0. The Morgan fingerprint density at radius 3 is 1.23 bits per heavy atom. The molecule has 6 aromatic rings. The van der Waals surface area contributed by atoms with Gasteiger partial charge in [0, 0.05) is 54.5 Å². The van der Waals surface area contributed by atoms with Crippen LogP contribution in [-0.2, 0) is 33.3 Å². The molecular weight excluding hydrogens is 1050 g/mol. The van der Waals surface area contributed by atoms with E-state index in [0.717, 1.165) is 0 Å². The van der Waals surface area contributed by atoms with Gasteiger partial charge in [0.25, 0.3) is 0 Å². The molecule has 0 saturated heterocycles. The van der Waals surface area contributed by atoms with Crippen molar-refractivity contribution >= 4 is 17.9 Å². The highest BCUT2D eigenvalue weighted by atomic mass is 16.6. The van der Waals surface area contributed by atoms with Gasteiger partial charge in [-0.05, 0) is 71.8 Å². The van der Waals surface area contributed by atoms with Crippen LogP contribution < -0.4 is 61.6 Å². The molecule has 9 atom stereocenters. The number of fused-ring (bicyclic) bond motifs is 3. The van der Waals surface area contributed by atoms with Crippen LogP contribution in [0, 0.1) is 0 Å². The number of hydrogen-bond acceptors (Lipinski definition) is 20. The molecule has 0 unspecified atom stereocenters. The van der Waals surface area contributed by atoms with Crippen molar-refractivity contribution in [3.63, 3.8) is 0 Å². The molecule has 3 aliphatic rings. The molecule has 20 heteroatoms. The van der Waals surface area contributed by atoms with E-state index in [-0.39, 0.29) is 45.8 Å². The van der Waals surface area contributed by atoms with Crippen LogP contribution in [0.2, 0.25) is 0 Å². The van der Waals surface area contributed by atoms with Crippen molar-refractivity contribution in [2.24, 2.45) is 0 Å². The molecule has 0 radical (unpaired) electrons. The molecule has 0 aliphatic carbocycles. The Morgan fingerprint density at radius 1 is 0.346 bits per heavy atom. The Morgan fingerprint density at radius 2 is 0.765 bits per heavy atom. The minimum Gasteiger partial charge on any atom is -0.497 e. The summed E-state index contributed by atoms with van der Waals surface area (Å²) in [5.74, 6) is 0.957. The minimum atomic E-state index is -1.35. The average Bonchev–Trinajstić information content (AvgIpc) is 3.61. The van der Waals surface area contributed by atoms with E-state index in [9.17, 15) is 14.4 Å². The summed E-state index contributed by atoms with van der Waals surface area (Å²) in [5, 5.41) is 0. The van der Waals surface area contributed by atoms with Crippen molar-refractivity contribution in [1.29, 1.82) is 0 Å². The molecule has 3 aliphatic heterocycles. The quantitative estimate of drug-likeness (QED) is 0.0546. The second-order valence-electron chi connectivity index (χ2n) is 18.8. The highest BCUT2D eigenvalue weighted by Gasteiger charge is 2.53. The van der Waals surface area contributed by atoms with Crippen molar-refractivity contribution < 1.29 is 94.9 Å². The van der Waals surface area contributed by atoms with E-state index in [2.05, 4.69) is 0 Å². The van der Waals surface area contributed by atoms with Crippen LogP contribution in [0.15, 0.2) is 97.1 Å². The lowest BCUT2D eigenvalue weighted by Crippen LogP contribution is -2.45. The normalized spacial score (nSPS) is 21.3. The smallest absolute Gasteiger partial charge is 0.303 e. The largest absolute Gasteiger partial charge is 0.497 e. The van der Waals surface area contributed by atoms with Crippen LogP contribution in [0.25, 0.3) is 0 Å². The van der Waals surface area contributed by atoms with Crippen molar-refractivity contribution in [1.82, 2.24) is 0 Å². The second kappa shape index (κ2) is 24.2. The summed E-state index contributed by atoms with van der Waals surface area (Å²) in [6, 6.07) is 28.3. The highest BCUT2D eigenvalue weighted by Crippen LogP contribution is 2.61. The Bertz CT molecular complexity index is 3270. The molecule has 0 bridgehead atoms. The average molecular weight is 1120 g/mol. The van der Waals surface area contributed by atoms with Gasteiger partial charge < -0.3 is 80.5 Å². The maximum absolute atomic E-state index is 13.6. The van der Waals surface area contributed by atoms with Gasteiger partial charge in [-0.25, -0.2) is 0 Å². The van der Waals surface area contributed by atoms with E-state index in [1.807, 2.05) is 30.3 Å². The van der Waals surface area contributed by atoms with E-state index >= 15 is 0 Å². The van der Waals surface area contributed by atoms with E-state index < -0.39 is 72.7 Å². The van der Waals surface area contributed by atoms with E-state index in [1.54, 1.807) is 80.9 Å². The molecule has 9 rings (SSSR count). The zero-order valence-electron chi connectivity index (χ0n) is 47.1. The summed E-state index contributed by atoms with van der Waals surface area (Å²) in [4.78, 5) is 40.3. The number of hydrogen-bond donors (Lipinski definition) is 0. The molecule has 0 N–H and O–H groups in total. The van der Waals surface area contributed by atoms with E-state index in [4.69, 9.17) is 80.5 Å². The first-order valence-electron chi connectivity index (χ1n) is 25.6. The van der Waals surface area contributed by atoms with Crippen LogP contribution in [0.3, 0.4) is 0 Å². The predicted octanol–water partition coefficient (Wildman–Crippen LogP) is 9.90. The SMILES string of the molecule is COc1ccc([C@H]2Oc3c(ccc(OC)c3OC)[C@H](c3cc4c(c(OC)c3OC)O[C@H](c3ccc(OC)c(OC)c3)[C@H](OC(C)=O)[C@@H]4OC(C)=O)[C@H]2O[C@H]2c3ccc(OC)c(OC)c3O[C@H](c3ccc(OC)cc3)[C@@H]2OC(C)=O)cc1. The first kappa shape index (κ1) is 56.8.